The molecule has 0 aliphatic carbocycles. The first-order chi connectivity index (χ1) is 4.70. The minimum Gasteiger partial charge on any atom is -1.00 e. The average Bonchev–Trinajstić information content (AvgIpc) is 1.87. The molecule has 0 N–H and O–H groups in total. The van der Waals surface area contributed by atoms with Crippen LogP contribution in [0.1, 0.15) is 19.8 Å². The molecule has 0 saturated carbocycles. The Bertz CT molecular complexity index is 138. The number of hydrogen-bond acceptors (Lipinski definition) is 0. The van der Waals surface area contributed by atoms with Crippen LogP contribution in [0.15, 0.2) is 0 Å². The molecule has 3 rings (SSSR count). The second kappa shape index (κ2) is 3.21. The molecule has 0 aromatic carbocycles. The number of rotatable bonds is 0. The van der Waals surface area contributed by atoms with Crippen LogP contribution in [-0.4, -0.2) is 31.2 Å². The van der Waals surface area contributed by atoms with Gasteiger partial charge in [-0.25, -0.2) is 0 Å². The summed E-state index contributed by atoms with van der Waals surface area (Å²) in [6.07, 6.45) is 3.00. The lowest BCUT2D eigenvalue weighted by atomic mass is 9.79. The van der Waals surface area contributed by atoms with Crippen molar-refractivity contribution < 1.29 is 28.5 Å². The van der Waals surface area contributed by atoms with E-state index in [-0.39, 0.29) is 24.0 Å². The van der Waals surface area contributed by atoms with Gasteiger partial charge >= 0.3 is 0 Å². The highest BCUT2D eigenvalue weighted by atomic mass is 127. The number of piperidine rings is 3. The van der Waals surface area contributed by atoms with E-state index in [1.54, 1.807) is 0 Å². The first kappa shape index (κ1) is 9.78. The fourth-order valence-corrected chi connectivity index (χ4v) is 2.81. The van der Waals surface area contributed by atoms with Crippen LogP contribution in [0.3, 0.4) is 0 Å². The number of hydrogen-bond donors (Lipinski definition) is 0. The molecular formula is C9H18IN. The molecule has 3 aliphatic rings. The Labute approximate surface area is 86.8 Å². The van der Waals surface area contributed by atoms with E-state index in [0.29, 0.717) is 0 Å². The third-order valence-electron chi connectivity index (χ3n) is 3.61. The summed E-state index contributed by atoms with van der Waals surface area (Å²) in [6.45, 7) is 6.79. The van der Waals surface area contributed by atoms with Crippen molar-refractivity contribution in [2.24, 2.45) is 11.8 Å². The van der Waals surface area contributed by atoms with Crippen LogP contribution in [0.5, 0.6) is 0 Å². The maximum Gasteiger partial charge on any atom is 0.0813 e. The topological polar surface area (TPSA) is 0 Å². The van der Waals surface area contributed by atoms with Gasteiger partial charge in [-0.2, -0.15) is 0 Å². The van der Waals surface area contributed by atoms with Crippen LogP contribution in [0.4, 0.5) is 0 Å². The molecule has 1 unspecified atom stereocenters. The molecule has 66 valence electrons. The number of fused-ring (bicyclic) bond motifs is 3. The second-order valence-electron chi connectivity index (χ2n) is 4.56. The van der Waals surface area contributed by atoms with E-state index in [1.807, 2.05) is 0 Å². The molecule has 0 aromatic rings. The van der Waals surface area contributed by atoms with Crippen LogP contribution in [0.25, 0.3) is 0 Å². The highest BCUT2D eigenvalue weighted by Gasteiger charge is 2.40. The van der Waals surface area contributed by atoms with Gasteiger partial charge in [0.2, 0.25) is 0 Å². The molecule has 1 nitrogen and oxygen atoms in total. The molecular weight excluding hydrogens is 249 g/mol. The SMILES string of the molecule is CC1C[N+]2(C)CCC1CC2.[I-]. The van der Waals surface area contributed by atoms with Crippen molar-refractivity contribution in [2.45, 2.75) is 19.8 Å². The Hall–Kier alpha value is 0.690. The summed E-state index contributed by atoms with van der Waals surface area (Å²) in [7, 11) is 2.42. The Kier molecular flexibility index (Phi) is 2.85. The van der Waals surface area contributed by atoms with E-state index in [9.17, 15) is 0 Å². The summed E-state index contributed by atoms with van der Waals surface area (Å²) in [5.41, 5.74) is 0. The molecule has 0 spiro atoms. The van der Waals surface area contributed by atoms with E-state index in [0.717, 1.165) is 11.8 Å². The predicted molar refractivity (Wildman–Crippen MR) is 42.7 cm³/mol. The van der Waals surface area contributed by atoms with Gasteiger partial charge in [0.05, 0.1) is 26.7 Å². The summed E-state index contributed by atoms with van der Waals surface area (Å²) in [6, 6.07) is 0. The molecule has 0 aromatic heterocycles. The maximum absolute atomic E-state index is 2.43. The normalized spacial score (nSPS) is 48.5. The molecule has 3 heterocycles. The lowest BCUT2D eigenvalue weighted by Gasteiger charge is -2.49. The monoisotopic (exact) mass is 267 g/mol. The summed E-state index contributed by atoms with van der Waals surface area (Å²) in [5.74, 6) is 2.09. The zero-order chi connectivity index (χ0) is 7.19. The molecule has 2 heteroatoms. The second-order valence-corrected chi connectivity index (χ2v) is 4.56. The standard InChI is InChI=1S/C9H18N.HI/c1-8-7-10(2)5-3-9(8)4-6-10;/h8-9H,3-7H2,1-2H3;1H/q+1;/p-1. The predicted octanol–water partition coefficient (Wildman–Crippen LogP) is -1.50. The molecule has 0 radical (unpaired) electrons. The maximum atomic E-state index is 2.43. The van der Waals surface area contributed by atoms with E-state index in [2.05, 4.69) is 14.0 Å². The Morgan fingerprint density at radius 1 is 1.18 bits per heavy atom. The quantitative estimate of drug-likeness (QED) is 0.370. The van der Waals surface area contributed by atoms with Crippen molar-refractivity contribution in [3.8, 4) is 0 Å². The molecule has 11 heavy (non-hydrogen) atoms. The summed E-state index contributed by atoms with van der Waals surface area (Å²) >= 11 is 0. The van der Waals surface area contributed by atoms with E-state index in [1.165, 1.54) is 37.0 Å². The fourth-order valence-electron chi connectivity index (χ4n) is 2.81. The molecule has 1 atom stereocenters. The first-order valence-corrected chi connectivity index (χ1v) is 4.53. The minimum atomic E-state index is 0. The lowest BCUT2D eigenvalue weighted by Crippen LogP contribution is -3.00. The van der Waals surface area contributed by atoms with Gasteiger partial charge in [-0.15, -0.1) is 0 Å². The largest absolute Gasteiger partial charge is 1.00 e. The van der Waals surface area contributed by atoms with Gasteiger partial charge in [-0.05, 0) is 5.92 Å². The Morgan fingerprint density at radius 2 is 1.73 bits per heavy atom. The summed E-state index contributed by atoms with van der Waals surface area (Å²) in [4.78, 5) is 0. The lowest BCUT2D eigenvalue weighted by molar-refractivity contribution is -0.928. The summed E-state index contributed by atoms with van der Waals surface area (Å²) < 4.78 is 1.37. The Morgan fingerprint density at radius 3 is 2.00 bits per heavy atom. The highest BCUT2D eigenvalue weighted by molar-refractivity contribution is 4.75. The van der Waals surface area contributed by atoms with Crippen molar-refractivity contribution >= 4 is 0 Å². The van der Waals surface area contributed by atoms with Gasteiger partial charge in [0.25, 0.3) is 0 Å². The average molecular weight is 267 g/mol. The van der Waals surface area contributed by atoms with Crippen molar-refractivity contribution in [1.29, 1.82) is 0 Å². The highest BCUT2D eigenvalue weighted by Crippen LogP contribution is 2.35. The van der Waals surface area contributed by atoms with Crippen LogP contribution < -0.4 is 24.0 Å². The van der Waals surface area contributed by atoms with Gasteiger partial charge in [0.1, 0.15) is 0 Å². The molecule has 0 amide bonds. The molecule has 3 aliphatic heterocycles. The van der Waals surface area contributed by atoms with Gasteiger partial charge in [0.15, 0.2) is 0 Å². The molecule has 3 fully saturated rings. The minimum absolute atomic E-state index is 0. The van der Waals surface area contributed by atoms with E-state index in [4.69, 9.17) is 0 Å². The third-order valence-corrected chi connectivity index (χ3v) is 3.61. The fraction of sp³-hybridized carbons (Fsp3) is 1.00. The van der Waals surface area contributed by atoms with Crippen LogP contribution in [0.2, 0.25) is 0 Å². The van der Waals surface area contributed by atoms with E-state index < -0.39 is 0 Å². The number of halogens is 1. The first-order valence-electron chi connectivity index (χ1n) is 4.53. The van der Waals surface area contributed by atoms with Gasteiger partial charge in [-0.3, -0.25) is 0 Å². The van der Waals surface area contributed by atoms with Gasteiger partial charge in [0, 0.05) is 18.8 Å². The van der Waals surface area contributed by atoms with Crippen LogP contribution >= 0.6 is 0 Å². The van der Waals surface area contributed by atoms with Crippen molar-refractivity contribution in [3.63, 3.8) is 0 Å². The molecule has 2 bridgehead atoms. The van der Waals surface area contributed by atoms with Crippen molar-refractivity contribution in [2.75, 3.05) is 26.7 Å². The van der Waals surface area contributed by atoms with Crippen LogP contribution in [-0.2, 0) is 0 Å². The van der Waals surface area contributed by atoms with Crippen molar-refractivity contribution in [3.05, 3.63) is 0 Å². The van der Waals surface area contributed by atoms with Gasteiger partial charge in [-0.1, -0.05) is 6.92 Å². The zero-order valence-electron chi connectivity index (χ0n) is 7.52. The molecule has 3 saturated heterocycles. The number of quaternary nitrogens is 1. The van der Waals surface area contributed by atoms with Gasteiger partial charge < -0.3 is 28.5 Å². The van der Waals surface area contributed by atoms with Crippen LogP contribution in [0, 0.1) is 11.8 Å². The van der Waals surface area contributed by atoms with E-state index >= 15 is 0 Å². The van der Waals surface area contributed by atoms with Crippen molar-refractivity contribution in [1.82, 2.24) is 0 Å². The smallest absolute Gasteiger partial charge is 0.0813 e. The zero-order valence-corrected chi connectivity index (χ0v) is 9.67. The Balaban J connectivity index is 0.000000605. The number of nitrogens with zero attached hydrogens (tertiary/aromatic N) is 1. The summed E-state index contributed by atoms with van der Waals surface area (Å²) in [5, 5.41) is 0. The third kappa shape index (κ3) is 1.72.